The van der Waals surface area contributed by atoms with Crippen molar-refractivity contribution in [3.63, 3.8) is 0 Å². The van der Waals surface area contributed by atoms with Crippen LogP contribution in [0.25, 0.3) is 0 Å². The zero-order valence-electron chi connectivity index (χ0n) is 12.8. The zero-order valence-corrected chi connectivity index (χ0v) is 13.6. The fraction of sp³-hybridized carbons (Fsp3) is 0.176. The van der Waals surface area contributed by atoms with Crippen molar-refractivity contribution in [3.8, 4) is 0 Å². The van der Waals surface area contributed by atoms with Gasteiger partial charge in [-0.2, -0.15) is 0 Å². The minimum Gasteiger partial charge on any atom is -0.444 e. The summed E-state index contributed by atoms with van der Waals surface area (Å²) in [7, 11) is 3.20. The van der Waals surface area contributed by atoms with Gasteiger partial charge in [-0.1, -0.05) is 41.9 Å². The summed E-state index contributed by atoms with van der Waals surface area (Å²) in [6.07, 6.45) is -1.03. The van der Waals surface area contributed by atoms with Gasteiger partial charge in [0.05, 0.1) is 5.56 Å². The monoisotopic (exact) mass is 332 g/mol. The maximum Gasteiger partial charge on any atom is 0.341 e. The summed E-state index contributed by atoms with van der Waals surface area (Å²) in [5.41, 5.74) is 6.75. The first kappa shape index (κ1) is 16.8. The number of rotatable bonds is 4. The third-order valence-electron chi connectivity index (χ3n) is 3.23. The molecule has 2 rings (SSSR count). The van der Waals surface area contributed by atoms with Gasteiger partial charge in [0, 0.05) is 30.4 Å². The Morgan fingerprint density at radius 2 is 1.78 bits per heavy atom. The van der Waals surface area contributed by atoms with Gasteiger partial charge in [-0.05, 0) is 18.2 Å². The number of hydrogen-bond donors (Lipinski definition) is 1. The summed E-state index contributed by atoms with van der Waals surface area (Å²) in [6.45, 7) is 0. The molecule has 0 saturated carbocycles. The summed E-state index contributed by atoms with van der Waals surface area (Å²) >= 11 is 5.82. The lowest BCUT2D eigenvalue weighted by Crippen LogP contribution is -2.31. The molecule has 0 aliphatic rings. The summed E-state index contributed by atoms with van der Waals surface area (Å²) in [6, 6.07) is 13.3. The van der Waals surface area contributed by atoms with E-state index in [0.29, 0.717) is 10.6 Å². The standard InChI is InChI=1S/C17H17ClN2O3/c1-20(2)16(21)15(11-6-4-3-5-7-11)23-17(22)13-9-8-12(18)10-14(13)19/h3-10,15H,19H2,1-2H3/t15-/m1/s1. The number of ether oxygens (including phenoxy) is 1. The molecule has 1 amide bonds. The third kappa shape index (κ3) is 4.02. The van der Waals surface area contributed by atoms with Crippen molar-refractivity contribution < 1.29 is 14.3 Å². The molecule has 0 aliphatic carbocycles. The summed E-state index contributed by atoms with van der Waals surface area (Å²) in [5, 5.41) is 0.419. The number of anilines is 1. The van der Waals surface area contributed by atoms with Gasteiger partial charge in [0.1, 0.15) is 0 Å². The molecule has 0 radical (unpaired) electrons. The number of nitrogens with two attached hydrogens (primary N) is 1. The van der Waals surface area contributed by atoms with Gasteiger partial charge >= 0.3 is 5.97 Å². The Bertz CT molecular complexity index is 717. The highest BCUT2D eigenvalue weighted by Crippen LogP contribution is 2.24. The maximum atomic E-state index is 12.4. The first-order chi connectivity index (χ1) is 10.9. The van der Waals surface area contributed by atoms with E-state index in [4.69, 9.17) is 22.1 Å². The summed E-state index contributed by atoms with van der Waals surface area (Å²) in [5.74, 6) is -1.01. The smallest absolute Gasteiger partial charge is 0.341 e. The van der Waals surface area contributed by atoms with Gasteiger partial charge < -0.3 is 15.4 Å². The fourth-order valence-corrected chi connectivity index (χ4v) is 2.19. The lowest BCUT2D eigenvalue weighted by molar-refractivity contribution is -0.138. The van der Waals surface area contributed by atoms with Crippen LogP contribution in [0.3, 0.4) is 0 Å². The van der Waals surface area contributed by atoms with Crippen molar-refractivity contribution in [1.29, 1.82) is 0 Å². The van der Waals surface area contributed by atoms with Crippen LogP contribution in [-0.2, 0) is 9.53 Å². The molecule has 6 heteroatoms. The Balaban J connectivity index is 2.30. The number of carbonyl (C=O) groups is 2. The first-order valence-corrected chi connectivity index (χ1v) is 7.30. The summed E-state index contributed by atoms with van der Waals surface area (Å²) in [4.78, 5) is 26.1. The Morgan fingerprint density at radius 3 is 2.35 bits per heavy atom. The molecule has 0 heterocycles. The number of esters is 1. The molecule has 0 unspecified atom stereocenters. The first-order valence-electron chi connectivity index (χ1n) is 6.92. The molecule has 23 heavy (non-hydrogen) atoms. The van der Waals surface area contributed by atoms with Crippen molar-refractivity contribution in [2.45, 2.75) is 6.10 Å². The minimum atomic E-state index is -1.03. The lowest BCUT2D eigenvalue weighted by Gasteiger charge is -2.21. The molecule has 120 valence electrons. The Labute approximate surface area is 139 Å². The van der Waals surface area contributed by atoms with E-state index in [1.807, 2.05) is 6.07 Å². The van der Waals surface area contributed by atoms with E-state index in [1.165, 1.54) is 17.0 Å². The van der Waals surface area contributed by atoms with Gasteiger partial charge in [-0.3, -0.25) is 4.79 Å². The molecule has 5 nitrogen and oxygen atoms in total. The van der Waals surface area contributed by atoms with Crippen molar-refractivity contribution >= 4 is 29.2 Å². The SMILES string of the molecule is CN(C)C(=O)[C@H](OC(=O)c1ccc(Cl)cc1N)c1ccccc1. The minimum absolute atomic E-state index is 0.168. The topological polar surface area (TPSA) is 72.6 Å². The second-order valence-corrected chi connectivity index (χ2v) is 5.60. The number of likely N-dealkylation sites (N-methyl/N-ethyl adjacent to an activating group) is 1. The molecule has 0 aromatic heterocycles. The lowest BCUT2D eigenvalue weighted by atomic mass is 10.1. The molecule has 0 aliphatic heterocycles. The van der Waals surface area contributed by atoms with E-state index < -0.39 is 12.1 Å². The van der Waals surface area contributed by atoms with E-state index >= 15 is 0 Å². The van der Waals surface area contributed by atoms with Crippen LogP contribution in [0, 0.1) is 0 Å². The van der Waals surface area contributed by atoms with E-state index in [0.717, 1.165) is 0 Å². The van der Waals surface area contributed by atoms with Gasteiger partial charge in [-0.25, -0.2) is 4.79 Å². The molecule has 0 saturated heterocycles. The highest BCUT2D eigenvalue weighted by molar-refractivity contribution is 6.31. The highest BCUT2D eigenvalue weighted by atomic mass is 35.5. The normalized spacial score (nSPS) is 11.6. The summed E-state index contributed by atoms with van der Waals surface area (Å²) < 4.78 is 5.41. The number of carbonyl (C=O) groups excluding carboxylic acids is 2. The van der Waals surface area contributed by atoms with Gasteiger partial charge in [-0.15, -0.1) is 0 Å². The van der Waals surface area contributed by atoms with Crippen LogP contribution in [0.15, 0.2) is 48.5 Å². The van der Waals surface area contributed by atoms with Crippen molar-refractivity contribution in [3.05, 3.63) is 64.7 Å². The van der Waals surface area contributed by atoms with Crippen molar-refractivity contribution in [2.75, 3.05) is 19.8 Å². The molecule has 1 atom stereocenters. The maximum absolute atomic E-state index is 12.4. The second kappa shape index (κ2) is 7.15. The predicted octanol–water partition coefficient (Wildman–Crippen LogP) is 2.91. The quantitative estimate of drug-likeness (QED) is 0.690. The van der Waals surface area contributed by atoms with Crippen LogP contribution in [0.1, 0.15) is 22.0 Å². The number of amides is 1. The largest absolute Gasteiger partial charge is 0.444 e. The molecular weight excluding hydrogens is 316 g/mol. The highest BCUT2D eigenvalue weighted by Gasteiger charge is 2.27. The molecular formula is C17H17ClN2O3. The molecule has 0 spiro atoms. The Morgan fingerprint density at radius 1 is 1.13 bits per heavy atom. The average Bonchev–Trinajstić information content (AvgIpc) is 2.52. The number of hydrogen-bond acceptors (Lipinski definition) is 4. The van der Waals surface area contributed by atoms with Gasteiger partial charge in [0.15, 0.2) is 0 Å². The molecule has 2 aromatic rings. The van der Waals surface area contributed by atoms with E-state index in [2.05, 4.69) is 0 Å². The van der Waals surface area contributed by atoms with Crippen molar-refractivity contribution in [2.24, 2.45) is 0 Å². The van der Waals surface area contributed by atoms with Crippen LogP contribution in [-0.4, -0.2) is 30.9 Å². The number of halogens is 1. The van der Waals surface area contributed by atoms with Crippen LogP contribution >= 0.6 is 11.6 Å². The third-order valence-corrected chi connectivity index (χ3v) is 3.46. The molecule has 0 fully saturated rings. The van der Waals surface area contributed by atoms with Crippen LogP contribution in [0.2, 0.25) is 5.02 Å². The number of nitrogen functional groups attached to an aromatic ring is 1. The zero-order chi connectivity index (χ0) is 17.0. The van der Waals surface area contributed by atoms with Gasteiger partial charge in [0.2, 0.25) is 6.10 Å². The second-order valence-electron chi connectivity index (χ2n) is 5.16. The predicted molar refractivity (Wildman–Crippen MR) is 89.2 cm³/mol. The molecule has 2 N–H and O–H groups in total. The fourth-order valence-electron chi connectivity index (χ4n) is 2.01. The van der Waals surface area contributed by atoms with E-state index in [9.17, 15) is 9.59 Å². The van der Waals surface area contributed by atoms with Gasteiger partial charge in [0.25, 0.3) is 5.91 Å². The Kier molecular flexibility index (Phi) is 5.24. The van der Waals surface area contributed by atoms with Crippen LogP contribution in [0.4, 0.5) is 5.69 Å². The van der Waals surface area contributed by atoms with E-state index in [-0.39, 0.29) is 17.2 Å². The molecule has 2 aromatic carbocycles. The average molecular weight is 333 g/mol. The number of nitrogens with zero attached hydrogens (tertiary/aromatic N) is 1. The van der Waals surface area contributed by atoms with Crippen LogP contribution in [0.5, 0.6) is 0 Å². The number of benzene rings is 2. The molecule has 0 bridgehead atoms. The Hall–Kier alpha value is -2.53. The van der Waals surface area contributed by atoms with Crippen molar-refractivity contribution in [1.82, 2.24) is 4.90 Å². The van der Waals surface area contributed by atoms with Crippen LogP contribution < -0.4 is 5.73 Å². The van der Waals surface area contributed by atoms with E-state index in [1.54, 1.807) is 44.4 Å².